The zero-order valence-electron chi connectivity index (χ0n) is 23.7. The summed E-state index contributed by atoms with van der Waals surface area (Å²) < 4.78 is 0. The number of ketones is 3. The first kappa shape index (κ1) is 26.0. The van der Waals surface area contributed by atoms with Crippen LogP contribution in [0.15, 0.2) is 48.5 Å². The van der Waals surface area contributed by atoms with Crippen LogP contribution >= 0.6 is 0 Å². The van der Waals surface area contributed by atoms with E-state index in [0.717, 1.165) is 44.5 Å². The van der Waals surface area contributed by atoms with Crippen LogP contribution in [0.4, 0.5) is 0 Å². The standard InChI is InChI=1S/C35H36O3/c1-17(2)23-9-19(5)11-27-25(15-23)21(7)13-29(27)31-33(36)32(35(38)34(31)37)30-14-22(8)26-16-24(18(3)4)10-20(6)12-28(26)30/h9-18,31-32H,1-8H3. The van der Waals surface area contributed by atoms with Crippen LogP contribution < -0.4 is 0 Å². The van der Waals surface area contributed by atoms with Gasteiger partial charge in [-0.2, -0.15) is 0 Å². The fourth-order valence-electron chi connectivity index (χ4n) is 6.14. The van der Waals surface area contributed by atoms with Crippen molar-refractivity contribution in [1.29, 1.82) is 0 Å². The van der Waals surface area contributed by atoms with Crippen LogP contribution in [-0.2, 0) is 14.4 Å². The molecule has 2 unspecified atom stereocenters. The second kappa shape index (κ2) is 9.31. The van der Waals surface area contributed by atoms with Crippen molar-refractivity contribution < 1.29 is 14.4 Å². The molecule has 0 bridgehead atoms. The number of Topliss-reactive ketones (excluding diaryl/α,β-unsaturated/α-hetero) is 3. The van der Waals surface area contributed by atoms with Crippen LogP contribution in [-0.4, -0.2) is 17.3 Å². The SMILES string of the molecule is Cc1cc(C(C)C)cc2c(C)cc(C3C(=O)C(=O)C(c4cc(C)c5cc(C(C)C)cc(C)cc4-5)C3=O)c-2c1. The Balaban J connectivity index is 1.64. The van der Waals surface area contributed by atoms with E-state index in [4.69, 9.17) is 0 Å². The lowest BCUT2D eigenvalue weighted by Gasteiger charge is -2.10. The molecule has 38 heavy (non-hydrogen) atoms. The average molecular weight is 505 g/mol. The first-order valence-corrected chi connectivity index (χ1v) is 13.6. The average Bonchev–Trinajstić information content (AvgIpc) is 3.22. The zero-order chi connectivity index (χ0) is 27.6. The highest BCUT2D eigenvalue weighted by Crippen LogP contribution is 2.47. The number of hydrogen-bond donors (Lipinski definition) is 0. The van der Waals surface area contributed by atoms with E-state index < -0.39 is 23.4 Å². The summed E-state index contributed by atoms with van der Waals surface area (Å²) in [5.74, 6) is -2.93. The Kier molecular flexibility index (Phi) is 6.38. The van der Waals surface area contributed by atoms with E-state index in [1.165, 1.54) is 11.1 Å². The monoisotopic (exact) mass is 504 g/mol. The minimum Gasteiger partial charge on any atom is -0.297 e. The molecule has 3 nitrogen and oxygen atoms in total. The quantitative estimate of drug-likeness (QED) is 0.209. The van der Waals surface area contributed by atoms with Gasteiger partial charge in [0.1, 0.15) is 11.8 Å². The molecule has 5 aliphatic rings. The fourth-order valence-corrected chi connectivity index (χ4v) is 6.14. The molecule has 0 radical (unpaired) electrons. The van der Waals surface area contributed by atoms with Crippen molar-refractivity contribution in [2.75, 3.05) is 0 Å². The van der Waals surface area contributed by atoms with E-state index in [1.807, 2.05) is 39.8 Å². The number of aryl methyl sites for hydroxylation is 4. The Hall–Kier alpha value is -3.59. The molecule has 0 N–H and O–H groups in total. The molecule has 194 valence electrons. The molecule has 0 spiro atoms. The Bertz CT molecular complexity index is 1450. The number of carbonyl (C=O) groups excluding carboxylic acids is 3. The topological polar surface area (TPSA) is 51.2 Å². The van der Waals surface area contributed by atoms with E-state index in [0.29, 0.717) is 23.0 Å². The first-order valence-electron chi connectivity index (χ1n) is 13.6. The van der Waals surface area contributed by atoms with Gasteiger partial charge in [-0.25, -0.2) is 0 Å². The van der Waals surface area contributed by atoms with Gasteiger partial charge in [-0.15, -0.1) is 0 Å². The molecule has 3 heteroatoms. The van der Waals surface area contributed by atoms with E-state index >= 15 is 0 Å². The van der Waals surface area contributed by atoms with E-state index in [-0.39, 0.29) is 5.78 Å². The fraction of sp³-hybridized carbons (Fsp3) is 0.343. The van der Waals surface area contributed by atoms with Crippen molar-refractivity contribution in [3.05, 3.63) is 93.0 Å². The highest BCUT2D eigenvalue weighted by atomic mass is 16.2. The predicted octanol–water partition coefficient (Wildman–Crippen LogP) is 7.96. The molecule has 5 rings (SSSR count). The van der Waals surface area contributed by atoms with Gasteiger partial charge in [-0.3, -0.25) is 14.4 Å². The predicted molar refractivity (Wildman–Crippen MR) is 154 cm³/mol. The van der Waals surface area contributed by atoms with Gasteiger partial charge in [0.15, 0.2) is 5.78 Å². The normalized spacial score (nSPS) is 18.1. The number of hydrogen-bond acceptors (Lipinski definition) is 3. The minimum absolute atomic E-state index is 0.305. The molecule has 0 saturated heterocycles. The highest BCUT2D eigenvalue weighted by molar-refractivity contribution is 6.55. The van der Waals surface area contributed by atoms with Gasteiger partial charge in [-0.05, 0) is 95.2 Å². The molecule has 5 aliphatic carbocycles. The van der Waals surface area contributed by atoms with E-state index in [1.54, 1.807) is 0 Å². The van der Waals surface area contributed by atoms with Gasteiger partial charge < -0.3 is 0 Å². The molecule has 2 atom stereocenters. The summed E-state index contributed by atoms with van der Waals surface area (Å²) in [4.78, 5) is 41.1. The molecule has 0 heterocycles. The molecular weight excluding hydrogens is 468 g/mol. The first-order chi connectivity index (χ1) is 17.9. The van der Waals surface area contributed by atoms with Gasteiger partial charge in [0.2, 0.25) is 11.6 Å². The lowest BCUT2D eigenvalue weighted by molar-refractivity contribution is -0.135. The molecule has 0 aromatic carbocycles. The van der Waals surface area contributed by atoms with Crippen molar-refractivity contribution in [2.24, 2.45) is 0 Å². The lowest BCUT2D eigenvalue weighted by Crippen LogP contribution is -2.14. The molecule has 0 aliphatic heterocycles. The van der Waals surface area contributed by atoms with Crippen LogP contribution in [0.25, 0.3) is 22.3 Å². The molecule has 1 fully saturated rings. The summed E-state index contributed by atoms with van der Waals surface area (Å²) in [6.07, 6.45) is 0. The Morgan fingerprint density at radius 2 is 0.868 bits per heavy atom. The van der Waals surface area contributed by atoms with Crippen LogP contribution in [0, 0.1) is 27.7 Å². The molecule has 0 aromatic rings. The van der Waals surface area contributed by atoms with Gasteiger partial charge >= 0.3 is 0 Å². The van der Waals surface area contributed by atoms with Crippen molar-refractivity contribution in [3.8, 4) is 22.3 Å². The molecule has 0 aromatic heterocycles. The third-order valence-corrected chi connectivity index (χ3v) is 8.24. The van der Waals surface area contributed by atoms with Crippen molar-refractivity contribution >= 4 is 17.3 Å². The van der Waals surface area contributed by atoms with Gasteiger partial charge in [0.05, 0.1) is 0 Å². The number of rotatable bonds is 4. The van der Waals surface area contributed by atoms with Crippen molar-refractivity contribution in [2.45, 2.75) is 79.1 Å². The summed E-state index contributed by atoms with van der Waals surface area (Å²) in [7, 11) is 0. The van der Waals surface area contributed by atoms with Gasteiger partial charge in [0.25, 0.3) is 0 Å². The maximum Gasteiger partial charge on any atom is 0.214 e. The number of carbonyl (C=O) groups is 3. The van der Waals surface area contributed by atoms with Gasteiger partial charge in [-0.1, -0.05) is 87.4 Å². The third-order valence-electron chi connectivity index (χ3n) is 8.24. The summed E-state index contributed by atoms with van der Waals surface area (Å²) >= 11 is 0. The van der Waals surface area contributed by atoms with Crippen LogP contribution in [0.3, 0.4) is 0 Å². The lowest BCUT2D eigenvalue weighted by atomic mass is 9.89. The molecular formula is C35H36O3. The second-order valence-corrected chi connectivity index (χ2v) is 11.9. The summed E-state index contributed by atoms with van der Waals surface area (Å²) in [5, 5.41) is 0. The maximum atomic E-state index is 14.1. The van der Waals surface area contributed by atoms with Crippen molar-refractivity contribution in [1.82, 2.24) is 0 Å². The smallest absolute Gasteiger partial charge is 0.214 e. The summed E-state index contributed by atoms with van der Waals surface area (Å²) in [6, 6.07) is 16.6. The molecule has 1 saturated carbocycles. The Morgan fingerprint density at radius 3 is 1.21 bits per heavy atom. The van der Waals surface area contributed by atoms with Crippen LogP contribution in [0.2, 0.25) is 0 Å². The van der Waals surface area contributed by atoms with Gasteiger partial charge in [0, 0.05) is 0 Å². The third kappa shape index (κ3) is 4.09. The minimum atomic E-state index is -1.07. The highest BCUT2D eigenvalue weighted by Gasteiger charge is 2.52. The van der Waals surface area contributed by atoms with Crippen molar-refractivity contribution in [3.63, 3.8) is 0 Å². The maximum absolute atomic E-state index is 14.1. The Morgan fingerprint density at radius 1 is 0.500 bits per heavy atom. The van der Waals surface area contributed by atoms with E-state index in [2.05, 4.69) is 64.1 Å². The molecule has 0 amide bonds. The largest absolute Gasteiger partial charge is 0.297 e. The summed E-state index contributed by atoms with van der Waals surface area (Å²) in [5.41, 5.74) is 11.7. The number of fused-ring (bicyclic) bond motifs is 2. The van der Waals surface area contributed by atoms with Crippen LogP contribution in [0.1, 0.15) is 95.9 Å². The zero-order valence-corrected chi connectivity index (χ0v) is 23.7. The second-order valence-electron chi connectivity index (χ2n) is 11.9. The summed E-state index contributed by atoms with van der Waals surface area (Å²) in [6.45, 7) is 16.7. The van der Waals surface area contributed by atoms with Crippen LogP contribution in [0.5, 0.6) is 0 Å². The van der Waals surface area contributed by atoms with E-state index in [9.17, 15) is 14.4 Å². The Labute approximate surface area is 226 Å².